The number of anilines is 1. The number of amides is 4. The molecule has 1 aliphatic rings. The summed E-state index contributed by atoms with van der Waals surface area (Å²) in [5, 5.41) is 5.81. The minimum atomic E-state index is -0.685. The van der Waals surface area contributed by atoms with E-state index in [-0.39, 0.29) is 53.5 Å². The lowest BCUT2D eigenvalue weighted by atomic mass is 10.1. The van der Waals surface area contributed by atoms with Crippen molar-refractivity contribution in [3.8, 4) is 11.5 Å². The third-order valence-corrected chi connectivity index (χ3v) is 7.25. The second kappa shape index (κ2) is 13.1. The van der Waals surface area contributed by atoms with Gasteiger partial charge >= 0.3 is 12.0 Å². The van der Waals surface area contributed by atoms with Crippen molar-refractivity contribution in [2.45, 2.75) is 13.5 Å². The third-order valence-electron chi connectivity index (χ3n) is 5.56. The maximum atomic E-state index is 13.0. The van der Waals surface area contributed by atoms with Crippen LogP contribution in [0.1, 0.15) is 28.8 Å². The minimum Gasteiger partial charge on any atom is -0.490 e. The van der Waals surface area contributed by atoms with Crippen LogP contribution in [0.4, 0.5) is 10.5 Å². The van der Waals surface area contributed by atoms with Crippen LogP contribution in [0.2, 0.25) is 10.0 Å². The maximum absolute atomic E-state index is 13.0. The van der Waals surface area contributed by atoms with Crippen molar-refractivity contribution >= 4 is 74.7 Å². The van der Waals surface area contributed by atoms with E-state index in [1.807, 2.05) is 0 Å². The Bertz CT molecular complexity index is 1540. The van der Waals surface area contributed by atoms with Gasteiger partial charge in [-0.3, -0.25) is 14.5 Å². The van der Waals surface area contributed by atoms with Gasteiger partial charge in [-0.05, 0) is 77.0 Å². The molecule has 2 N–H and O–H groups in total. The van der Waals surface area contributed by atoms with Gasteiger partial charge in [0, 0.05) is 15.2 Å². The first-order chi connectivity index (χ1) is 19.6. The highest BCUT2D eigenvalue weighted by atomic mass is 79.9. The quantitative estimate of drug-likeness (QED) is 0.161. The number of ether oxygens (including phenoxy) is 3. The number of esters is 1. The number of imide groups is 1. The molecule has 2 heterocycles. The molecular weight excluding hydrogens is 645 g/mol. The van der Waals surface area contributed by atoms with E-state index in [0.717, 1.165) is 4.90 Å². The molecule has 0 radical (unpaired) electrons. The van der Waals surface area contributed by atoms with Crippen LogP contribution in [0.5, 0.6) is 11.5 Å². The van der Waals surface area contributed by atoms with E-state index in [1.54, 1.807) is 37.3 Å². The lowest BCUT2D eigenvalue weighted by Crippen LogP contribution is -2.30. The van der Waals surface area contributed by atoms with Gasteiger partial charge in [0.15, 0.2) is 18.1 Å². The average molecular weight is 667 g/mol. The molecule has 0 aliphatic carbocycles. The van der Waals surface area contributed by atoms with Crippen LogP contribution in [-0.2, 0) is 20.9 Å². The van der Waals surface area contributed by atoms with Crippen molar-refractivity contribution in [2.75, 3.05) is 25.6 Å². The van der Waals surface area contributed by atoms with Gasteiger partial charge < -0.3 is 29.3 Å². The smallest absolute Gasteiger partial charge is 0.373 e. The molecule has 14 heteroatoms. The average Bonchev–Trinajstić information content (AvgIpc) is 3.52. The van der Waals surface area contributed by atoms with Crippen molar-refractivity contribution < 1.29 is 37.8 Å². The minimum absolute atomic E-state index is 0.0371. The molecular formula is C27H22BrCl2N3O8. The summed E-state index contributed by atoms with van der Waals surface area (Å²) in [7, 11) is 1.21. The number of rotatable bonds is 10. The standard InChI is InChI=1S/C27H22BrCl2N3O8/c1-3-39-20-11-14(22(28)23(30)24(20)40-13-21(34)31-16-6-4-15(29)5-7-16)10-18-25(35)33(27(37)32-18)12-17-8-9-19(41-17)26(36)38-2/h4-11H,3,12-13H2,1-2H3,(H,31,34)(H,32,37)/b18-10-. The van der Waals surface area contributed by atoms with E-state index in [0.29, 0.717) is 20.7 Å². The number of nitrogens with zero attached hydrogens (tertiary/aromatic N) is 1. The summed E-state index contributed by atoms with van der Waals surface area (Å²) in [5.41, 5.74) is 0.897. The van der Waals surface area contributed by atoms with Crippen LogP contribution in [-0.4, -0.2) is 49.0 Å². The summed E-state index contributed by atoms with van der Waals surface area (Å²) < 4.78 is 21.7. The molecule has 41 heavy (non-hydrogen) atoms. The van der Waals surface area contributed by atoms with Crippen LogP contribution >= 0.6 is 39.1 Å². The van der Waals surface area contributed by atoms with Gasteiger partial charge in [0.1, 0.15) is 16.5 Å². The maximum Gasteiger partial charge on any atom is 0.373 e. The van der Waals surface area contributed by atoms with Gasteiger partial charge in [-0.1, -0.05) is 23.2 Å². The Hall–Kier alpha value is -4.00. The van der Waals surface area contributed by atoms with Gasteiger partial charge in [0.25, 0.3) is 11.8 Å². The first-order valence-corrected chi connectivity index (χ1v) is 13.5. The van der Waals surface area contributed by atoms with E-state index in [1.165, 1.54) is 25.3 Å². The molecule has 2 aromatic carbocycles. The molecule has 4 rings (SSSR count). The number of hydrogen-bond acceptors (Lipinski definition) is 8. The lowest BCUT2D eigenvalue weighted by Gasteiger charge is -2.16. The first kappa shape index (κ1) is 30.0. The molecule has 0 atom stereocenters. The number of benzene rings is 2. The highest BCUT2D eigenvalue weighted by molar-refractivity contribution is 9.10. The Kier molecular flexibility index (Phi) is 9.58. The molecule has 3 aromatic rings. The van der Waals surface area contributed by atoms with Crippen molar-refractivity contribution in [3.05, 3.63) is 79.8 Å². The van der Waals surface area contributed by atoms with Crippen molar-refractivity contribution in [1.29, 1.82) is 0 Å². The summed E-state index contributed by atoms with van der Waals surface area (Å²) >= 11 is 15.8. The molecule has 1 aliphatic heterocycles. The molecule has 214 valence electrons. The van der Waals surface area contributed by atoms with Gasteiger partial charge in [0.2, 0.25) is 5.76 Å². The molecule has 11 nitrogen and oxygen atoms in total. The molecule has 1 aromatic heterocycles. The normalized spacial score (nSPS) is 13.8. The summed E-state index contributed by atoms with van der Waals surface area (Å²) in [5.74, 6) is -1.29. The van der Waals surface area contributed by atoms with E-state index < -0.39 is 23.8 Å². The molecule has 1 saturated heterocycles. The number of methoxy groups -OCH3 is 1. The van der Waals surface area contributed by atoms with Crippen LogP contribution in [0, 0.1) is 0 Å². The van der Waals surface area contributed by atoms with Crippen LogP contribution in [0.3, 0.4) is 0 Å². The number of halogens is 3. The fraction of sp³-hybridized carbons (Fsp3) is 0.185. The highest BCUT2D eigenvalue weighted by Gasteiger charge is 2.35. The predicted octanol–water partition coefficient (Wildman–Crippen LogP) is 5.64. The van der Waals surface area contributed by atoms with Crippen LogP contribution in [0.25, 0.3) is 6.08 Å². The number of nitrogens with one attached hydrogen (secondary N) is 2. The third kappa shape index (κ3) is 7.02. The zero-order valence-corrected chi connectivity index (χ0v) is 24.7. The van der Waals surface area contributed by atoms with Gasteiger partial charge in [-0.2, -0.15) is 0 Å². The van der Waals surface area contributed by atoms with Crippen LogP contribution < -0.4 is 20.1 Å². The molecule has 0 saturated carbocycles. The molecule has 4 amide bonds. The van der Waals surface area contributed by atoms with Crippen LogP contribution in [0.15, 0.2) is 57.1 Å². The Balaban J connectivity index is 1.52. The second-order valence-electron chi connectivity index (χ2n) is 8.33. The first-order valence-electron chi connectivity index (χ1n) is 12.0. The number of carbonyl (C=O) groups excluding carboxylic acids is 4. The van der Waals surface area contributed by atoms with Gasteiger partial charge in [-0.15, -0.1) is 0 Å². The fourth-order valence-electron chi connectivity index (χ4n) is 3.67. The van der Waals surface area contributed by atoms with Gasteiger partial charge in [-0.25, -0.2) is 9.59 Å². The van der Waals surface area contributed by atoms with E-state index >= 15 is 0 Å². The zero-order chi connectivity index (χ0) is 29.7. The number of hydrogen-bond donors (Lipinski definition) is 2. The number of carbonyl (C=O) groups is 4. The van der Waals surface area contributed by atoms with Crippen molar-refractivity contribution in [1.82, 2.24) is 10.2 Å². The van der Waals surface area contributed by atoms with E-state index in [9.17, 15) is 19.2 Å². The number of urea groups is 1. The Morgan fingerprint density at radius 2 is 1.85 bits per heavy atom. The largest absolute Gasteiger partial charge is 0.490 e. The summed E-state index contributed by atoms with van der Waals surface area (Å²) in [6.45, 7) is 1.42. The molecule has 0 unspecified atom stereocenters. The predicted molar refractivity (Wildman–Crippen MR) is 153 cm³/mol. The second-order valence-corrected chi connectivity index (χ2v) is 9.94. The zero-order valence-electron chi connectivity index (χ0n) is 21.6. The topological polar surface area (TPSA) is 136 Å². The molecule has 0 spiro atoms. The Morgan fingerprint density at radius 1 is 1.12 bits per heavy atom. The monoisotopic (exact) mass is 665 g/mol. The summed E-state index contributed by atoms with van der Waals surface area (Å²) in [6.07, 6.45) is 1.41. The van der Waals surface area contributed by atoms with Crippen molar-refractivity contribution in [2.24, 2.45) is 0 Å². The van der Waals surface area contributed by atoms with Crippen molar-refractivity contribution in [3.63, 3.8) is 0 Å². The van der Waals surface area contributed by atoms with Gasteiger partial charge in [0.05, 0.1) is 20.3 Å². The SMILES string of the molecule is CCOc1cc(/C=C2\NC(=O)N(Cc3ccc(C(=O)OC)o3)C2=O)c(Br)c(Cl)c1OCC(=O)Nc1ccc(Cl)cc1. The Labute approximate surface area is 252 Å². The highest BCUT2D eigenvalue weighted by Crippen LogP contribution is 2.43. The number of furan rings is 1. The molecule has 1 fully saturated rings. The fourth-order valence-corrected chi connectivity index (χ4v) is 4.47. The Morgan fingerprint density at radius 3 is 2.54 bits per heavy atom. The lowest BCUT2D eigenvalue weighted by molar-refractivity contribution is -0.123. The van der Waals surface area contributed by atoms with E-state index in [2.05, 4.69) is 31.3 Å². The van der Waals surface area contributed by atoms with E-state index in [4.69, 9.17) is 37.1 Å². The summed E-state index contributed by atoms with van der Waals surface area (Å²) in [6, 6.07) is 10.3. The molecule has 0 bridgehead atoms. The summed E-state index contributed by atoms with van der Waals surface area (Å²) in [4.78, 5) is 50.5.